The number of nitrogens with zero attached hydrogens (tertiary/aromatic N) is 1. The maximum absolute atomic E-state index is 10.9. The van der Waals surface area contributed by atoms with Crippen molar-refractivity contribution >= 4 is 0 Å². The average Bonchev–Trinajstić information content (AvgIpc) is 2.28. The highest BCUT2D eigenvalue weighted by Gasteiger charge is 2.40. The summed E-state index contributed by atoms with van der Waals surface area (Å²) >= 11 is 0. The van der Waals surface area contributed by atoms with Crippen molar-refractivity contribution in [3.63, 3.8) is 0 Å². The molecule has 0 bridgehead atoms. The molecule has 1 aromatic rings. The second kappa shape index (κ2) is 4.79. The quantitative estimate of drug-likeness (QED) is 0.847. The van der Waals surface area contributed by atoms with E-state index in [0.29, 0.717) is 12.0 Å². The van der Waals surface area contributed by atoms with Crippen LogP contribution in [0.15, 0.2) is 30.3 Å². The Morgan fingerprint density at radius 3 is 2.59 bits per heavy atom. The molecule has 0 radical (unpaired) electrons. The van der Waals surface area contributed by atoms with Gasteiger partial charge in [0.25, 0.3) is 0 Å². The van der Waals surface area contributed by atoms with Gasteiger partial charge in [0.15, 0.2) is 0 Å². The summed E-state index contributed by atoms with van der Waals surface area (Å²) in [6, 6.07) is 10.8. The molecular weight excluding hydrogens is 210 g/mol. The second-order valence-corrected chi connectivity index (χ2v) is 5.66. The van der Waals surface area contributed by atoms with Crippen LogP contribution in [0.1, 0.15) is 25.8 Å². The highest BCUT2D eigenvalue weighted by atomic mass is 16.3. The Hall–Kier alpha value is -0.860. The summed E-state index contributed by atoms with van der Waals surface area (Å²) in [5, 5.41) is 10.9. The zero-order chi connectivity index (χ0) is 12.5. The first-order valence-corrected chi connectivity index (χ1v) is 6.48. The molecular formula is C15H23NO. The predicted octanol–water partition coefficient (Wildman–Crippen LogP) is 2.32. The summed E-state index contributed by atoms with van der Waals surface area (Å²) in [6.45, 7) is 5.33. The first-order valence-electron chi connectivity index (χ1n) is 6.48. The Kier molecular flexibility index (Phi) is 3.55. The Morgan fingerprint density at radius 2 is 1.94 bits per heavy atom. The molecule has 0 saturated carbocycles. The lowest BCUT2D eigenvalue weighted by molar-refractivity contribution is -0.0778. The fourth-order valence-corrected chi connectivity index (χ4v) is 2.85. The fraction of sp³-hybridized carbons (Fsp3) is 0.600. The van der Waals surface area contributed by atoms with Gasteiger partial charge in [-0.3, -0.25) is 0 Å². The molecule has 2 rings (SSSR count). The fourth-order valence-electron chi connectivity index (χ4n) is 2.85. The number of hydrogen-bond acceptors (Lipinski definition) is 2. The molecule has 1 aromatic carbocycles. The summed E-state index contributed by atoms with van der Waals surface area (Å²) in [6.07, 6.45) is 1.63. The Labute approximate surface area is 104 Å². The third kappa shape index (κ3) is 2.70. The summed E-state index contributed by atoms with van der Waals surface area (Å²) in [5.74, 6) is 0.323. The molecule has 0 unspecified atom stereocenters. The number of aliphatic hydroxyl groups is 1. The van der Waals surface area contributed by atoms with Crippen LogP contribution in [-0.4, -0.2) is 35.2 Å². The van der Waals surface area contributed by atoms with Crippen LogP contribution in [-0.2, 0) is 6.42 Å². The second-order valence-electron chi connectivity index (χ2n) is 5.66. The van der Waals surface area contributed by atoms with Crippen LogP contribution in [0.2, 0.25) is 0 Å². The van der Waals surface area contributed by atoms with E-state index in [2.05, 4.69) is 37.9 Å². The predicted molar refractivity (Wildman–Crippen MR) is 71.0 cm³/mol. The van der Waals surface area contributed by atoms with E-state index >= 15 is 0 Å². The molecule has 0 spiro atoms. The molecule has 0 aromatic heterocycles. The SMILES string of the molecule is C[C@@H]1C[C@](O)(Cc2ccccc2)[C@H](C)CN1C. The minimum Gasteiger partial charge on any atom is -0.389 e. The van der Waals surface area contributed by atoms with Crippen molar-refractivity contribution in [3.05, 3.63) is 35.9 Å². The molecule has 1 heterocycles. The molecule has 2 heteroatoms. The van der Waals surface area contributed by atoms with E-state index in [-0.39, 0.29) is 0 Å². The van der Waals surface area contributed by atoms with Crippen molar-refractivity contribution in [1.29, 1.82) is 0 Å². The lowest BCUT2D eigenvalue weighted by Crippen LogP contribution is -2.54. The number of rotatable bonds is 2. The van der Waals surface area contributed by atoms with E-state index in [0.717, 1.165) is 19.4 Å². The zero-order valence-corrected chi connectivity index (χ0v) is 11.1. The van der Waals surface area contributed by atoms with Gasteiger partial charge < -0.3 is 10.0 Å². The van der Waals surface area contributed by atoms with Gasteiger partial charge in [-0.2, -0.15) is 0 Å². The number of likely N-dealkylation sites (tertiary alicyclic amines) is 1. The van der Waals surface area contributed by atoms with Crippen molar-refractivity contribution in [1.82, 2.24) is 4.90 Å². The van der Waals surface area contributed by atoms with E-state index in [1.165, 1.54) is 5.56 Å². The maximum Gasteiger partial charge on any atom is 0.0740 e. The molecule has 0 aliphatic carbocycles. The van der Waals surface area contributed by atoms with Gasteiger partial charge >= 0.3 is 0 Å². The third-order valence-electron chi connectivity index (χ3n) is 4.23. The van der Waals surface area contributed by atoms with Crippen LogP contribution in [0.25, 0.3) is 0 Å². The molecule has 1 N–H and O–H groups in total. The lowest BCUT2D eigenvalue weighted by atomic mass is 9.75. The van der Waals surface area contributed by atoms with Gasteiger partial charge in [-0.1, -0.05) is 37.3 Å². The van der Waals surface area contributed by atoms with Gasteiger partial charge in [0, 0.05) is 19.0 Å². The summed E-state index contributed by atoms with van der Waals surface area (Å²) < 4.78 is 0. The van der Waals surface area contributed by atoms with Gasteiger partial charge in [-0.05, 0) is 31.9 Å². The highest BCUT2D eigenvalue weighted by Crippen LogP contribution is 2.33. The van der Waals surface area contributed by atoms with E-state index < -0.39 is 5.60 Å². The Balaban J connectivity index is 2.13. The summed E-state index contributed by atoms with van der Waals surface area (Å²) in [7, 11) is 2.14. The van der Waals surface area contributed by atoms with Gasteiger partial charge in [-0.25, -0.2) is 0 Å². The maximum atomic E-state index is 10.9. The van der Waals surface area contributed by atoms with Crippen molar-refractivity contribution in [2.24, 2.45) is 5.92 Å². The highest BCUT2D eigenvalue weighted by molar-refractivity contribution is 5.18. The third-order valence-corrected chi connectivity index (χ3v) is 4.23. The van der Waals surface area contributed by atoms with Crippen LogP contribution < -0.4 is 0 Å². The van der Waals surface area contributed by atoms with Crippen molar-refractivity contribution in [2.45, 2.75) is 38.3 Å². The van der Waals surface area contributed by atoms with Gasteiger partial charge in [0.05, 0.1) is 5.60 Å². The monoisotopic (exact) mass is 233 g/mol. The molecule has 0 amide bonds. The molecule has 17 heavy (non-hydrogen) atoms. The van der Waals surface area contributed by atoms with Crippen LogP contribution >= 0.6 is 0 Å². The van der Waals surface area contributed by atoms with Crippen molar-refractivity contribution in [2.75, 3.05) is 13.6 Å². The molecule has 3 atom stereocenters. The van der Waals surface area contributed by atoms with E-state index in [1.54, 1.807) is 0 Å². The van der Waals surface area contributed by atoms with Crippen molar-refractivity contribution < 1.29 is 5.11 Å². The van der Waals surface area contributed by atoms with Crippen LogP contribution in [0.3, 0.4) is 0 Å². The van der Waals surface area contributed by atoms with E-state index in [4.69, 9.17) is 0 Å². The van der Waals surface area contributed by atoms with Crippen molar-refractivity contribution in [3.8, 4) is 0 Å². The first kappa shape index (κ1) is 12.6. The number of hydrogen-bond donors (Lipinski definition) is 1. The average molecular weight is 233 g/mol. The lowest BCUT2D eigenvalue weighted by Gasteiger charge is -2.46. The zero-order valence-electron chi connectivity index (χ0n) is 11.1. The smallest absolute Gasteiger partial charge is 0.0740 e. The largest absolute Gasteiger partial charge is 0.389 e. The van der Waals surface area contributed by atoms with Gasteiger partial charge in [0.2, 0.25) is 0 Å². The van der Waals surface area contributed by atoms with Gasteiger partial charge in [-0.15, -0.1) is 0 Å². The van der Waals surface area contributed by atoms with Crippen LogP contribution in [0, 0.1) is 5.92 Å². The number of benzene rings is 1. The standard InChI is InChI=1S/C15H23NO/c1-12-11-16(3)13(2)9-15(12,17)10-14-7-5-4-6-8-14/h4-8,12-13,17H,9-11H2,1-3H3/t12-,13-,15+/m1/s1. The first-order chi connectivity index (χ1) is 8.01. The molecule has 94 valence electrons. The molecule has 2 nitrogen and oxygen atoms in total. The number of piperidine rings is 1. The normalized spacial score (nSPS) is 34.8. The van der Waals surface area contributed by atoms with E-state index in [9.17, 15) is 5.11 Å². The minimum absolute atomic E-state index is 0.323. The van der Waals surface area contributed by atoms with Gasteiger partial charge in [0.1, 0.15) is 0 Å². The Bertz CT molecular complexity index is 364. The Morgan fingerprint density at radius 1 is 1.29 bits per heavy atom. The topological polar surface area (TPSA) is 23.5 Å². The molecule has 1 saturated heterocycles. The molecule has 1 aliphatic heterocycles. The van der Waals surface area contributed by atoms with E-state index in [1.807, 2.05) is 18.2 Å². The summed E-state index contributed by atoms with van der Waals surface area (Å²) in [4.78, 5) is 2.34. The minimum atomic E-state index is -0.548. The molecule has 1 aliphatic rings. The molecule has 1 fully saturated rings. The summed E-state index contributed by atoms with van der Waals surface area (Å²) in [5.41, 5.74) is 0.686. The van der Waals surface area contributed by atoms with Crippen LogP contribution in [0.4, 0.5) is 0 Å². The van der Waals surface area contributed by atoms with Crippen LogP contribution in [0.5, 0.6) is 0 Å².